The number of halogens is 1. The van der Waals surface area contributed by atoms with Crippen LogP contribution in [0.5, 0.6) is 0 Å². The lowest BCUT2D eigenvalue weighted by atomic mass is 10.2. The lowest BCUT2D eigenvalue weighted by molar-refractivity contribution is -0.134. The van der Waals surface area contributed by atoms with E-state index < -0.39 is 16.1 Å². The smallest absolute Gasteiger partial charge is 0.253 e. The maximum Gasteiger partial charge on any atom is 0.253 e. The number of carbonyl (C=O) groups is 1. The number of anilines is 1. The zero-order valence-electron chi connectivity index (χ0n) is 16.6. The fourth-order valence-electron chi connectivity index (χ4n) is 4.17. The van der Waals surface area contributed by atoms with E-state index in [9.17, 15) is 17.6 Å². The highest BCUT2D eigenvalue weighted by Gasteiger charge is 2.42. The maximum atomic E-state index is 14.0. The van der Waals surface area contributed by atoms with Gasteiger partial charge >= 0.3 is 0 Å². The van der Waals surface area contributed by atoms with Gasteiger partial charge in [-0.1, -0.05) is 23.5 Å². The van der Waals surface area contributed by atoms with Gasteiger partial charge in [0.25, 0.3) is 10.0 Å². The van der Waals surface area contributed by atoms with Crippen LogP contribution in [0.25, 0.3) is 10.2 Å². The van der Waals surface area contributed by atoms with Crippen molar-refractivity contribution in [3.8, 4) is 0 Å². The Hall–Kier alpha value is -2.08. The number of sulfonamides is 1. The topological polar surface area (TPSA) is 73.8 Å². The molecule has 1 atom stereocenters. The van der Waals surface area contributed by atoms with E-state index in [0.29, 0.717) is 51.1 Å². The summed E-state index contributed by atoms with van der Waals surface area (Å²) in [6.07, 6.45) is 1.22. The van der Waals surface area contributed by atoms with E-state index in [1.165, 1.54) is 33.0 Å². The van der Waals surface area contributed by atoms with Crippen molar-refractivity contribution < 1.29 is 17.6 Å². The minimum absolute atomic E-state index is 0.132. The zero-order valence-corrected chi connectivity index (χ0v) is 19.1. The molecule has 2 aliphatic heterocycles. The van der Waals surface area contributed by atoms with Crippen LogP contribution >= 0.6 is 22.7 Å². The van der Waals surface area contributed by atoms with Crippen LogP contribution in [0.3, 0.4) is 0 Å². The van der Waals surface area contributed by atoms with Gasteiger partial charge in [-0.05, 0) is 36.4 Å². The molecule has 5 rings (SSSR count). The van der Waals surface area contributed by atoms with Gasteiger partial charge in [-0.3, -0.25) is 4.79 Å². The van der Waals surface area contributed by atoms with Crippen molar-refractivity contribution in [1.82, 2.24) is 14.2 Å². The number of benzene rings is 1. The fraction of sp³-hybridized carbons (Fsp3) is 0.400. The molecule has 3 aromatic rings. The molecule has 0 saturated carbocycles. The number of hydrogen-bond acceptors (Lipinski definition) is 7. The van der Waals surface area contributed by atoms with Gasteiger partial charge in [-0.25, -0.2) is 17.8 Å². The molecule has 2 aromatic heterocycles. The van der Waals surface area contributed by atoms with Crippen molar-refractivity contribution in [2.24, 2.45) is 0 Å². The van der Waals surface area contributed by atoms with E-state index >= 15 is 0 Å². The number of amides is 1. The summed E-state index contributed by atoms with van der Waals surface area (Å²) < 4.78 is 42.3. The third-order valence-corrected chi connectivity index (χ3v) is 10.1. The average molecular weight is 481 g/mol. The normalized spacial score (nSPS) is 20.6. The first-order valence-electron chi connectivity index (χ1n) is 10.1. The maximum absolute atomic E-state index is 14.0. The van der Waals surface area contributed by atoms with E-state index in [-0.39, 0.29) is 15.9 Å². The first-order chi connectivity index (χ1) is 14.9. The highest BCUT2D eigenvalue weighted by atomic mass is 32.2. The minimum Gasteiger partial charge on any atom is -0.345 e. The Balaban J connectivity index is 1.28. The van der Waals surface area contributed by atoms with Gasteiger partial charge in [0.1, 0.15) is 21.6 Å². The van der Waals surface area contributed by atoms with Crippen LogP contribution in [0.2, 0.25) is 0 Å². The second-order valence-electron chi connectivity index (χ2n) is 7.60. The van der Waals surface area contributed by atoms with Gasteiger partial charge in [0.15, 0.2) is 5.13 Å². The van der Waals surface area contributed by atoms with Crippen molar-refractivity contribution >= 4 is 54.0 Å². The number of nitrogens with zero attached hydrogens (tertiary/aromatic N) is 4. The molecule has 2 fully saturated rings. The van der Waals surface area contributed by atoms with Crippen molar-refractivity contribution in [2.45, 2.75) is 23.1 Å². The summed E-state index contributed by atoms with van der Waals surface area (Å²) in [4.78, 5) is 21.4. The Bertz CT molecular complexity index is 1200. The second kappa shape index (κ2) is 8.12. The van der Waals surface area contributed by atoms with Crippen LogP contribution in [0.1, 0.15) is 12.8 Å². The Morgan fingerprint density at radius 3 is 2.61 bits per heavy atom. The van der Waals surface area contributed by atoms with Gasteiger partial charge in [-0.2, -0.15) is 4.31 Å². The first kappa shape index (κ1) is 20.8. The fourth-order valence-corrected chi connectivity index (χ4v) is 7.97. The van der Waals surface area contributed by atoms with E-state index in [1.54, 1.807) is 28.5 Å². The van der Waals surface area contributed by atoms with E-state index in [0.717, 1.165) is 9.83 Å². The average Bonchev–Trinajstić information content (AvgIpc) is 3.54. The number of fused-ring (bicyclic) bond motifs is 1. The molecule has 0 radical (unpaired) electrons. The molecular weight excluding hydrogens is 459 g/mol. The van der Waals surface area contributed by atoms with Crippen LogP contribution in [-0.2, 0) is 14.8 Å². The first-order valence-corrected chi connectivity index (χ1v) is 13.2. The number of piperazine rings is 1. The molecule has 2 aliphatic rings. The number of para-hydroxylation sites is 1. The lowest BCUT2D eigenvalue weighted by Gasteiger charge is -2.37. The predicted molar refractivity (Wildman–Crippen MR) is 120 cm³/mol. The summed E-state index contributed by atoms with van der Waals surface area (Å²) in [5.41, 5.74) is 0.376. The Labute approximate surface area is 187 Å². The molecule has 0 bridgehead atoms. The van der Waals surface area contributed by atoms with Gasteiger partial charge < -0.3 is 9.80 Å². The molecule has 164 valence electrons. The summed E-state index contributed by atoms with van der Waals surface area (Å²) >= 11 is 2.61. The highest BCUT2D eigenvalue weighted by molar-refractivity contribution is 7.91. The third-order valence-electron chi connectivity index (χ3n) is 5.77. The van der Waals surface area contributed by atoms with E-state index in [4.69, 9.17) is 0 Å². The minimum atomic E-state index is -3.65. The highest BCUT2D eigenvalue weighted by Crippen LogP contribution is 2.32. The molecule has 0 spiro atoms. The molecule has 1 aromatic carbocycles. The quantitative estimate of drug-likeness (QED) is 0.574. The molecule has 2 saturated heterocycles. The van der Waals surface area contributed by atoms with Gasteiger partial charge in [-0.15, -0.1) is 11.3 Å². The van der Waals surface area contributed by atoms with Crippen LogP contribution in [-0.4, -0.2) is 67.3 Å². The lowest BCUT2D eigenvalue weighted by Crippen LogP contribution is -2.54. The molecule has 1 amide bonds. The number of thiophene rings is 1. The Morgan fingerprint density at radius 1 is 1.10 bits per heavy atom. The third kappa shape index (κ3) is 3.73. The molecular formula is C20H21FN4O3S3. The molecule has 4 heterocycles. The standard InChI is InChI=1S/C20H21FN4O3S3/c21-14-4-1-6-16-18(14)22-20(30-16)24-11-9-23(10-12-24)19(26)15-5-2-8-25(15)31(27,28)17-7-3-13-29-17/h1,3-4,6-7,13,15H,2,5,8-12H2. The van der Waals surface area contributed by atoms with Crippen LogP contribution in [0.4, 0.5) is 9.52 Å². The van der Waals surface area contributed by atoms with Crippen LogP contribution in [0.15, 0.2) is 39.9 Å². The Kier molecular flexibility index (Phi) is 5.45. The van der Waals surface area contributed by atoms with Crippen molar-refractivity contribution in [3.63, 3.8) is 0 Å². The summed E-state index contributed by atoms with van der Waals surface area (Å²) in [5, 5.41) is 2.47. The van der Waals surface area contributed by atoms with Crippen molar-refractivity contribution in [3.05, 3.63) is 41.5 Å². The van der Waals surface area contributed by atoms with Gasteiger partial charge in [0, 0.05) is 32.7 Å². The zero-order chi connectivity index (χ0) is 21.6. The monoisotopic (exact) mass is 480 g/mol. The number of aromatic nitrogens is 1. The summed E-state index contributed by atoms with van der Waals surface area (Å²) in [6.45, 7) is 2.50. The number of hydrogen-bond donors (Lipinski definition) is 0. The second-order valence-corrected chi connectivity index (χ2v) is 11.7. The number of rotatable bonds is 4. The molecule has 1 unspecified atom stereocenters. The number of thiazole rings is 1. The van der Waals surface area contributed by atoms with Crippen molar-refractivity contribution in [1.29, 1.82) is 0 Å². The summed E-state index contributed by atoms with van der Waals surface area (Å²) in [5.74, 6) is -0.463. The van der Waals surface area contributed by atoms with Crippen LogP contribution < -0.4 is 4.90 Å². The van der Waals surface area contributed by atoms with Crippen molar-refractivity contribution in [2.75, 3.05) is 37.6 Å². The summed E-state index contributed by atoms with van der Waals surface area (Å²) in [6, 6.07) is 7.57. The largest absolute Gasteiger partial charge is 0.345 e. The van der Waals surface area contributed by atoms with E-state index in [2.05, 4.69) is 9.88 Å². The number of carbonyl (C=O) groups excluding carboxylic acids is 1. The van der Waals surface area contributed by atoms with Crippen LogP contribution in [0, 0.1) is 5.82 Å². The molecule has 11 heteroatoms. The Morgan fingerprint density at radius 2 is 1.90 bits per heavy atom. The van der Waals surface area contributed by atoms with Gasteiger partial charge in [0.05, 0.1) is 4.70 Å². The summed E-state index contributed by atoms with van der Waals surface area (Å²) in [7, 11) is -3.65. The molecule has 0 aliphatic carbocycles. The SMILES string of the molecule is O=C(C1CCCN1S(=O)(=O)c1cccs1)N1CCN(c2nc3c(F)cccc3s2)CC1. The molecule has 0 N–H and O–H groups in total. The molecule has 31 heavy (non-hydrogen) atoms. The van der Waals surface area contributed by atoms with E-state index in [1.807, 2.05) is 6.07 Å². The predicted octanol–water partition coefficient (Wildman–Crippen LogP) is 3.00. The van der Waals surface area contributed by atoms with Gasteiger partial charge in [0.2, 0.25) is 5.91 Å². The molecule has 7 nitrogen and oxygen atoms in total.